The molecular formula is C20H12Cl2F4N2O2. The molecule has 0 radical (unpaired) electrons. The summed E-state index contributed by atoms with van der Waals surface area (Å²) in [6.07, 6.45) is -2.21. The molecule has 0 atom stereocenters. The number of rotatable bonds is 5. The highest BCUT2D eigenvalue weighted by atomic mass is 35.5. The van der Waals surface area contributed by atoms with E-state index in [0.717, 1.165) is 0 Å². The van der Waals surface area contributed by atoms with Crippen LogP contribution in [0.3, 0.4) is 0 Å². The SMILES string of the molecule is O=c1nc(C=Cc2cc(Cl)cc(Cl)c2OCc2ccccc2F)cc(C(F)(F)F)[nH]1. The molecule has 0 aliphatic rings. The van der Waals surface area contributed by atoms with E-state index in [-0.39, 0.29) is 33.7 Å². The predicted molar refractivity (Wildman–Crippen MR) is 106 cm³/mol. The molecule has 0 saturated carbocycles. The zero-order valence-corrected chi connectivity index (χ0v) is 16.4. The lowest BCUT2D eigenvalue weighted by Crippen LogP contribution is -2.19. The minimum atomic E-state index is -4.74. The minimum absolute atomic E-state index is 0.119. The van der Waals surface area contributed by atoms with Crippen molar-refractivity contribution in [1.29, 1.82) is 0 Å². The van der Waals surface area contributed by atoms with Crippen LogP contribution in [-0.2, 0) is 12.8 Å². The van der Waals surface area contributed by atoms with Gasteiger partial charge in [0.25, 0.3) is 0 Å². The van der Waals surface area contributed by atoms with Crippen LogP contribution in [0.15, 0.2) is 47.3 Å². The van der Waals surface area contributed by atoms with E-state index in [4.69, 9.17) is 27.9 Å². The van der Waals surface area contributed by atoms with Crippen LogP contribution >= 0.6 is 23.2 Å². The lowest BCUT2D eigenvalue weighted by atomic mass is 10.1. The van der Waals surface area contributed by atoms with Crippen molar-refractivity contribution < 1.29 is 22.3 Å². The molecule has 0 fully saturated rings. The third-order valence-electron chi connectivity index (χ3n) is 3.87. The number of aromatic nitrogens is 2. The van der Waals surface area contributed by atoms with Gasteiger partial charge >= 0.3 is 11.9 Å². The van der Waals surface area contributed by atoms with Gasteiger partial charge in [-0.2, -0.15) is 18.2 Å². The van der Waals surface area contributed by atoms with E-state index in [1.165, 1.54) is 42.5 Å². The van der Waals surface area contributed by atoms with E-state index in [2.05, 4.69) is 4.98 Å². The van der Waals surface area contributed by atoms with Gasteiger partial charge in [-0.1, -0.05) is 41.4 Å². The molecule has 10 heteroatoms. The number of alkyl halides is 3. The molecule has 0 saturated heterocycles. The summed E-state index contributed by atoms with van der Waals surface area (Å²) >= 11 is 12.2. The number of halogens is 6. The van der Waals surface area contributed by atoms with Crippen LogP contribution in [0.2, 0.25) is 10.0 Å². The van der Waals surface area contributed by atoms with Crippen molar-refractivity contribution in [3.05, 3.63) is 91.3 Å². The smallest absolute Gasteiger partial charge is 0.431 e. The quantitative estimate of drug-likeness (QED) is 0.478. The van der Waals surface area contributed by atoms with Crippen molar-refractivity contribution in [1.82, 2.24) is 9.97 Å². The van der Waals surface area contributed by atoms with Crippen LogP contribution in [0.4, 0.5) is 17.6 Å². The van der Waals surface area contributed by atoms with Gasteiger partial charge in [-0.3, -0.25) is 0 Å². The minimum Gasteiger partial charge on any atom is -0.487 e. The molecule has 0 aliphatic carbocycles. The number of benzene rings is 2. The van der Waals surface area contributed by atoms with Gasteiger partial charge in [0.1, 0.15) is 23.9 Å². The Morgan fingerprint density at radius 2 is 1.83 bits per heavy atom. The summed E-state index contributed by atoms with van der Waals surface area (Å²) in [7, 11) is 0. The molecule has 156 valence electrons. The van der Waals surface area contributed by atoms with E-state index in [1.807, 2.05) is 0 Å². The highest BCUT2D eigenvalue weighted by molar-refractivity contribution is 6.36. The van der Waals surface area contributed by atoms with Crippen molar-refractivity contribution in [2.75, 3.05) is 0 Å². The average molecular weight is 459 g/mol. The van der Waals surface area contributed by atoms with Gasteiger partial charge in [0.05, 0.1) is 10.7 Å². The molecule has 0 unspecified atom stereocenters. The zero-order chi connectivity index (χ0) is 21.9. The van der Waals surface area contributed by atoms with E-state index >= 15 is 0 Å². The van der Waals surface area contributed by atoms with E-state index in [0.29, 0.717) is 11.6 Å². The second-order valence-corrected chi connectivity index (χ2v) is 6.89. The first-order chi connectivity index (χ1) is 14.1. The van der Waals surface area contributed by atoms with Crippen LogP contribution in [-0.4, -0.2) is 9.97 Å². The predicted octanol–water partition coefficient (Wildman–Crippen LogP) is 5.98. The summed E-state index contributed by atoms with van der Waals surface area (Å²) < 4.78 is 58.1. The Kier molecular flexibility index (Phi) is 6.48. The first-order valence-electron chi connectivity index (χ1n) is 8.35. The average Bonchev–Trinajstić information content (AvgIpc) is 2.65. The van der Waals surface area contributed by atoms with Crippen LogP contribution in [0.5, 0.6) is 5.75 Å². The summed E-state index contributed by atoms with van der Waals surface area (Å²) in [5, 5.41) is 0.362. The highest BCUT2D eigenvalue weighted by Crippen LogP contribution is 2.34. The Bertz CT molecular complexity index is 1160. The summed E-state index contributed by atoms with van der Waals surface area (Å²) in [5.74, 6) is -0.325. The van der Waals surface area contributed by atoms with Crippen molar-refractivity contribution in [3.63, 3.8) is 0 Å². The van der Waals surface area contributed by atoms with E-state index < -0.39 is 23.4 Å². The molecule has 3 rings (SSSR count). The summed E-state index contributed by atoms with van der Waals surface area (Å²) in [6, 6.07) is 9.54. The highest BCUT2D eigenvalue weighted by Gasteiger charge is 2.32. The lowest BCUT2D eigenvalue weighted by Gasteiger charge is -2.12. The third kappa shape index (κ3) is 5.40. The van der Waals surface area contributed by atoms with Gasteiger partial charge in [-0.15, -0.1) is 0 Å². The Morgan fingerprint density at radius 3 is 2.53 bits per heavy atom. The maximum Gasteiger partial charge on any atom is 0.431 e. The van der Waals surface area contributed by atoms with Gasteiger partial charge < -0.3 is 9.72 Å². The fourth-order valence-corrected chi connectivity index (χ4v) is 3.08. The fourth-order valence-electron chi connectivity index (χ4n) is 2.51. The van der Waals surface area contributed by atoms with E-state index in [1.54, 1.807) is 11.1 Å². The largest absolute Gasteiger partial charge is 0.487 e. The maximum absolute atomic E-state index is 13.8. The number of aromatic amines is 1. The molecule has 1 aromatic heterocycles. The van der Waals surface area contributed by atoms with Gasteiger partial charge in [0, 0.05) is 16.1 Å². The third-order valence-corrected chi connectivity index (χ3v) is 4.37. The number of H-pyrrole nitrogens is 1. The topological polar surface area (TPSA) is 55.0 Å². The van der Waals surface area contributed by atoms with Gasteiger partial charge in [0.2, 0.25) is 0 Å². The Hall–Kier alpha value is -2.84. The second-order valence-electron chi connectivity index (χ2n) is 6.04. The van der Waals surface area contributed by atoms with Gasteiger partial charge in [0.15, 0.2) is 0 Å². The fraction of sp³-hybridized carbons (Fsp3) is 0.100. The Labute approximate surface area is 177 Å². The van der Waals surface area contributed by atoms with Gasteiger partial charge in [-0.25, -0.2) is 9.18 Å². The number of nitrogens with one attached hydrogen (secondary N) is 1. The van der Waals surface area contributed by atoms with Crippen molar-refractivity contribution in [2.45, 2.75) is 12.8 Å². The second kappa shape index (κ2) is 8.89. The monoisotopic (exact) mass is 458 g/mol. The first-order valence-corrected chi connectivity index (χ1v) is 9.11. The van der Waals surface area contributed by atoms with Crippen molar-refractivity contribution in [2.24, 2.45) is 0 Å². The molecule has 0 aliphatic heterocycles. The molecule has 3 aromatic rings. The number of nitrogens with zero attached hydrogens (tertiary/aromatic N) is 1. The molecule has 0 bridgehead atoms. The maximum atomic E-state index is 13.8. The lowest BCUT2D eigenvalue weighted by molar-refractivity contribution is -0.141. The van der Waals surface area contributed by atoms with Crippen LogP contribution < -0.4 is 10.4 Å². The normalized spacial score (nSPS) is 11.8. The first kappa shape index (κ1) is 21.9. The van der Waals surface area contributed by atoms with Crippen LogP contribution in [0.25, 0.3) is 12.2 Å². The van der Waals surface area contributed by atoms with Crippen molar-refractivity contribution in [3.8, 4) is 5.75 Å². The van der Waals surface area contributed by atoms with E-state index in [9.17, 15) is 22.4 Å². The summed E-state index contributed by atoms with van der Waals surface area (Å²) in [5.41, 5.74) is -2.03. The molecule has 2 aromatic carbocycles. The van der Waals surface area contributed by atoms with Crippen LogP contribution in [0.1, 0.15) is 22.5 Å². The molecule has 0 amide bonds. The molecular weight excluding hydrogens is 447 g/mol. The number of hydrogen-bond acceptors (Lipinski definition) is 3. The molecule has 1 heterocycles. The standard InChI is InChI=1S/C20H12Cl2F4N2O2/c21-13-7-11(5-6-14-9-17(20(24,25)26)28-19(29)27-14)18(15(22)8-13)30-10-12-3-1-2-4-16(12)23/h1-9H,10H2,(H,27,28,29). The zero-order valence-electron chi connectivity index (χ0n) is 14.9. The van der Waals surface area contributed by atoms with Gasteiger partial charge in [-0.05, 0) is 36.4 Å². The number of hydrogen-bond donors (Lipinski definition) is 1. The molecule has 4 nitrogen and oxygen atoms in total. The molecule has 1 N–H and O–H groups in total. The summed E-state index contributed by atoms with van der Waals surface area (Å²) in [4.78, 5) is 16.6. The van der Waals surface area contributed by atoms with Crippen LogP contribution in [0, 0.1) is 5.82 Å². The molecule has 30 heavy (non-hydrogen) atoms. The number of ether oxygens (including phenoxy) is 1. The summed E-state index contributed by atoms with van der Waals surface area (Å²) in [6.45, 7) is -0.143. The van der Waals surface area contributed by atoms with Crippen molar-refractivity contribution >= 4 is 35.4 Å². The Morgan fingerprint density at radius 1 is 1.10 bits per heavy atom. The molecule has 0 spiro atoms. The Balaban J connectivity index is 1.93.